The molecule has 0 atom stereocenters. The van der Waals surface area contributed by atoms with Gasteiger partial charge in [0.25, 0.3) is 5.91 Å². The summed E-state index contributed by atoms with van der Waals surface area (Å²) in [6.07, 6.45) is 0. The standard InChI is InChI=1S/C14H14ClNO3/c1-9-10(3-2-4-11(9)15)12-5-6-13(19-12)14(18)16-7-8-17/h2-6,17H,7-8H2,1H3,(H,16,18). The zero-order valence-corrected chi connectivity index (χ0v) is 11.2. The number of aliphatic hydroxyl groups is 1. The molecule has 0 saturated heterocycles. The Hall–Kier alpha value is -1.78. The fraction of sp³-hybridized carbons (Fsp3) is 0.214. The number of carbonyl (C=O) groups is 1. The fourth-order valence-electron chi connectivity index (χ4n) is 1.74. The van der Waals surface area contributed by atoms with Gasteiger partial charge in [-0.1, -0.05) is 23.7 Å². The van der Waals surface area contributed by atoms with E-state index in [0.29, 0.717) is 10.8 Å². The molecule has 0 aliphatic rings. The number of hydrogen-bond donors (Lipinski definition) is 2. The largest absolute Gasteiger partial charge is 0.451 e. The first-order valence-electron chi connectivity index (χ1n) is 5.88. The monoisotopic (exact) mass is 279 g/mol. The minimum absolute atomic E-state index is 0.104. The molecule has 0 spiro atoms. The van der Waals surface area contributed by atoms with E-state index in [1.807, 2.05) is 19.1 Å². The summed E-state index contributed by atoms with van der Waals surface area (Å²) >= 11 is 6.05. The maximum absolute atomic E-state index is 11.7. The van der Waals surface area contributed by atoms with Gasteiger partial charge in [0.2, 0.25) is 0 Å². The summed E-state index contributed by atoms with van der Waals surface area (Å²) in [7, 11) is 0. The quantitative estimate of drug-likeness (QED) is 0.904. The van der Waals surface area contributed by atoms with Gasteiger partial charge in [-0.15, -0.1) is 0 Å². The Labute approximate surface area is 116 Å². The van der Waals surface area contributed by atoms with Crippen molar-refractivity contribution in [2.45, 2.75) is 6.92 Å². The molecule has 0 radical (unpaired) electrons. The van der Waals surface area contributed by atoms with Crippen LogP contribution in [0.5, 0.6) is 0 Å². The van der Waals surface area contributed by atoms with Crippen molar-refractivity contribution >= 4 is 17.5 Å². The summed E-state index contributed by atoms with van der Waals surface area (Å²) in [5.74, 6) is 0.456. The SMILES string of the molecule is Cc1c(Cl)cccc1-c1ccc(C(=O)NCCO)o1. The molecule has 1 heterocycles. The van der Waals surface area contributed by atoms with Crippen molar-refractivity contribution in [1.82, 2.24) is 5.32 Å². The molecule has 2 N–H and O–H groups in total. The smallest absolute Gasteiger partial charge is 0.287 e. The Kier molecular flexibility index (Phi) is 4.24. The third-order valence-electron chi connectivity index (χ3n) is 2.76. The number of rotatable bonds is 4. The molecule has 100 valence electrons. The molecule has 0 bridgehead atoms. The number of halogens is 1. The summed E-state index contributed by atoms with van der Waals surface area (Å²) in [6, 6.07) is 8.85. The lowest BCUT2D eigenvalue weighted by Gasteiger charge is -2.04. The van der Waals surface area contributed by atoms with E-state index in [0.717, 1.165) is 11.1 Å². The van der Waals surface area contributed by atoms with E-state index in [4.69, 9.17) is 21.1 Å². The second kappa shape index (κ2) is 5.91. The van der Waals surface area contributed by atoms with Crippen molar-refractivity contribution in [3.8, 4) is 11.3 Å². The Morgan fingerprint density at radius 1 is 1.37 bits per heavy atom. The number of aliphatic hydroxyl groups excluding tert-OH is 1. The average molecular weight is 280 g/mol. The van der Waals surface area contributed by atoms with Crippen LogP contribution < -0.4 is 5.32 Å². The molecule has 0 unspecified atom stereocenters. The van der Waals surface area contributed by atoms with Gasteiger partial charge >= 0.3 is 0 Å². The highest BCUT2D eigenvalue weighted by Gasteiger charge is 2.13. The number of amides is 1. The molecular weight excluding hydrogens is 266 g/mol. The molecule has 2 aromatic rings. The van der Waals surface area contributed by atoms with Crippen LogP contribution in [-0.4, -0.2) is 24.2 Å². The molecule has 19 heavy (non-hydrogen) atoms. The summed E-state index contributed by atoms with van der Waals surface area (Å²) < 4.78 is 5.51. The lowest BCUT2D eigenvalue weighted by atomic mass is 10.1. The van der Waals surface area contributed by atoms with Gasteiger partial charge in [0.15, 0.2) is 5.76 Å². The van der Waals surface area contributed by atoms with Gasteiger partial charge in [-0.2, -0.15) is 0 Å². The van der Waals surface area contributed by atoms with E-state index in [9.17, 15) is 4.79 Å². The molecular formula is C14H14ClNO3. The summed E-state index contributed by atoms with van der Waals surface area (Å²) in [5, 5.41) is 11.8. The maximum Gasteiger partial charge on any atom is 0.287 e. The summed E-state index contributed by atoms with van der Waals surface area (Å²) in [6.45, 7) is 1.99. The van der Waals surface area contributed by atoms with Crippen LogP contribution in [0, 0.1) is 6.92 Å². The summed E-state index contributed by atoms with van der Waals surface area (Å²) in [4.78, 5) is 11.7. The van der Waals surface area contributed by atoms with Crippen LogP contribution in [0.2, 0.25) is 5.02 Å². The van der Waals surface area contributed by atoms with Crippen molar-refractivity contribution in [2.75, 3.05) is 13.2 Å². The minimum Gasteiger partial charge on any atom is -0.451 e. The zero-order valence-electron chi connectivity index (χ0n) is 10.4. The van der Waals surface area contributed by atoms with E-state index in [1.54, 1.807) is 18.2 Å². The molecule has 0 fully saturated rings. The van der Waals surface area contributed by atoms with Gasteiger partial charge in [-0.3, -0.25) is 4.79 Å². The number of furan rings is 1. The average Bonchev–Trinajstić information content (AvgIpc) is 2.88. The van der Waals surface area contributed by atoms with Gasteiger partial charge in [0.05, 0.1) is 6.61 Å². The van der Waals surface area contributed by atoms with Crippen molar-refractivity contribution in [2.24, 2.45) is 0 Å². The predicted molar refractivity (Wildman–Crippen MR) is 73.3 cm³/mol. The first-order valence-corrected chi connectivity index (χ1v) is 6.25. The maximum atomic E-state index is 11.7. The highest BCUT2D eigenvalue weighted by Crippen LogP contribution is 2.29. The molecule has 1 aromatic heterocycles. The van der Waals surface area contributed by atoms with Crippen LogP contribution in [-0.2, 0) is 0 Å². The highest BCUT2D eigenvalue weighted by molar-refractivity contribution is 6.31. The van der Waals surface area contributed by atoms with Crippen LogP contribution >= 0.6 is 11.6 Å². The van der Waals surface area contributed by atoms with Crippen molar-refractivity contribution in [3.05, 3.63) is 46.7 Å². The number of benzene rings is 1. The molecule has 1 amide bonds. The van der Waals surface area contributed by atoms with Crippen LogP contribution in [0.15, 0.2) is 34.7 Å². The molecule has 0 saturated carbocycles. The van der Waals surface area contributed by atoms with Gasteiger partial charge in [-0.25, -0.2) is 0 Å². The third-order valence-corrected chi connectivity index (χ3v) is 3.17. The Morgan fingerprint density at radius 3 is 2.89 bits per heavy atom. The number of carbonyl (C=O) groups excluding carboxylic acids is 1. The summed E-state index contributed by atoms with van der Waals surface area (Å²) in [5.41, 5.74) is 1.76. The zero-order chi connectivity index (χ0) is 13.8. The predicted octanol–water partition coefficient (Wildman–Crippen LogP) is 2.63. The van der Waals surface area contributed by atoms with Crippen molar-refractivity contribution in [1.29, 1.82) is 0 Å². The lowest BCUT2D eigenvalue weighted by Crippen LogP contribution is -2.25. The molecule has 2 rings (SSSR count). The van der Waals surface area contributed by atoms with Crippen LogP contribution in [0.4, 0.5) is 0 Å². The van der Waals surface area contributed by atoms with Crippen molar-refractivity contribution in [3.63, 3.8) is 0 Å². The minimum atomic E-state index is -0.347. The topological polar surface area (TPSA) is 62.5 Å². The Morgan fingerprint density at radius 2 is 2.16 bits per heavy atom. The van der Waals surface area contributed by atoms with Gasteiger partial charge in [0, 0.05) is 17.1 Å². The molecule has 1 aromatic carbocycles. The molecule has 0 aliphatic carbocycles. The van der Waals surface area contributed by atoms with Gasteiger partial charge in [-0.05, 0) is 30.7 Å². The first-order chi connectivity index (χ1) is 9.13. The lowest BCUT2D eigenvalue weighted by molar-refractivity contribution is 0.0918. The molecule has 5 heteroatoms. The van der Waals surface area contributed by atoms with Crippen LogP contribution in [0.3, 0.4) is 0 Å². The van der Waals surface area contributed by atoms with E-state index in [-0.39, 0.29) is 24.8 Å². The number of hydrogen-bond acceptors (Lipinski definition) is 3. The second-order valence-corrected chi connectivity index (χ2v) is 4.46. The Bertz CT molecular complexity index is 592. The second-order valence-electron chi connectivity index (χ2n) is 4.06. The van der Waals surface area contributed by atoms with Crippen LogP contribution in [0.25, 0.3) is 11.3 Å². The third kappa shape index (κ3) is 2.97. The highest BCUT2D eigenvalue weighted by atomic mass is 35.5. The fourth-order valence-corrected chi connectivity index (χ4v) is 1.91. The normalized spacial score (nSPS) is 10.5. The van der Waals surface area contributed by atoms with Gasteiger partial charge < -0.3 is 14.8 Å². The molecule has 0 aliphatic heterocycles. The van der Waals surface area contributed by atoms with E-state index in [1.165, 1.54) is 0 Å². The van der Waals surface area contributed by atoms with E-state index >= 15 is 0 Å². The van der Waals surface area contributed by atoms with Gasteiger partial charge in [0.1, 0.15) is 5.76 Å². The number of nitrogens with one attached hydrogen (secondary N) is 1. The Balaban J connectivity index is 2.26. The van der Waals surface area contributed by atoms with Crippen molar-refractivity contribution < 1.29 is 14.3 Å². The van der Waals surface area contributed by atoms with Crippen LogP contribution in [0.1, 0.15) is 16.1 Å². The van der Waals surface area contributed by atoms with E-state index in [2.05, 4.69) is 5.32 Å². The van der Waals surface area contributed by atoms with E-state index < -0.39 is 0 Å². The first kappa shape index (κ1) is 13.6. The molecule has 4 nitrogen and oxygen atoms in total.